The minimum absolute atomic E-state index is 0.645. The SMILES string of the molecule is CC(F)(F)CC(CO)NC(=O)[O-]. The third-order valence-electron chi connectivity index (χ3n) is 1.15. The molecule has 0 rings (SSSR count). The maximum Gasteiger partial charge on any atom is 0.247 e. The fraction of sp³-hybridized carbons (Fsp3) is 0.833. The van der Waals surface area contributed by atoms with Crippen LogP contribution in [0.2, 0.25) is 0 Å². The predicted octanol–water partition coefficient (Wildman–Crippen LogP) is -0.675. The van der Waals surface area contributed by atoms with Crippen LogP contribution in [0.3, 0.4) is 0 Å². The number of aliphatic hydroxyl groups is 1. The highest BCUT2D eigenvalue weighted by atomic mass is 19.3. The first-order chi connectivity index (χ1) is 5.35. The average molecular weight is 182 g/mol. The van der Waals surface area contributed by atoms with Gasteiger partial charge in [0.25, 0.3) is 0 Å². The molecule has 0 bridgehead atoms. The zero-order valence-corrected chi connectivity index (χ0v) is 6.51. The van der Waals surface area contributed by atoms with Crippen LogP contribution in [0.4, 0.5) is 13.6 Å². The summed E-state index contributed by atoms with van der Waals surface area (Å²) in [7, 11) is 0. The number of halogens is 2. The standard InChI is InChI=1S/C6H11F2NO3/c1-6(7,8)2-4(3-10)9-5(11)12/h4,9-10H,2-3H2,1H3,(H,11,12)/p-1. The van der Waals surface area contributed by atoms with Crippen molar-refractivity contribution in [3.63, 3.8) is 0 Å². The molecule has 1 amide bonds. The molecule has 12 heavy (non-hydrogen) atoms. The van der Waals surface area contributed by atoms with E-state index in [2.05, 4.69) is 0 Å². The molecule has 0 aliphatic heterocycles. The van der Waals surface area contributed by atoms with Crippen LogP contribution in [0.1, 0.15) is 13.3 Å². The zero-order valence-electron chi connectivity index (χ0n) is 6.51. The summed E-state index contributed by atoms with van der Waals surface area (Å²) >= 11 is 0. The summed E-state index contributed by atoms with van der Waals surface area (Å²) < 4.78 is 24.5. The molecule has 0 aromatic rings. The Morgan fingerprint density at radius 2 is 2.25 bits per heavy atom. The molecule has 72 valence electrons. The Hall–Kier alpha value is -0.910. The molecule has 0 heterocycles. The van der Waals surface area contributed by atoms with Crippen molar-refractivity contribution in [1.29, 1.82) is 0 Å². The highest BCUT2D eigenvalue weighted by Crippen LogP contribution is 2.18. The van der Waals surface area contributed by atoms with Crippen LogP contribution in [0.25, 0.3) is 0 Å². The minimum Gasteiger partial charge on any atom is -0.530 e. The van der Waals surface area contributed by atoms with Crippen LogP contribution < -0.4 is 10.4 Å². The van der Waals surface area contributed by atoms with E-state index in [1.165, 1.54) is 0 Å². The van der Waals surface area contributed by atoms with Gasteiger partial charge in [-0.15, -0.1) is 0 Å². The summed E-state index contributed by atoms with van der Waals surface area (Å²) in [6, 6.07) is -1.17. The third-order valence-corrected chi connectivity index (χ3v) is 1.15. The lowest BCUT2D eigenvalue weighted by Gasteiger charge is -2.20. The summed E-state index contributed by atoms with van der Waals surface area (Å²) in [6.07, 6.45) is -2.41. The highest BCUT2D eigenvalue weighted by molar-refractivity contribution is 5.62. The van der Waals surface area contributed by atoms with Crippen molar-refractivity contribution < 1.29 is 23.8 Å². The number of rotatable bonds is 4. The second kappa shape index (κ2) is 4.20. The number of carbonyl (C=O) groups excluding carboxylic acids is 1. The van der Waals surface area contributed by atoms with Crippen LogP contribution in [-0.2, 0) is 0 Å². The zero-order chi connectivity index (χ0) is 9.78. The maximum atomic E-state index is 12.2. The lowest BCUT2D eigenvalue weighted by atomic mass is 10.1. The number of aliphatic hydroxyl groups excluding tert-OH is 1. The minimum atomic E-state index is -3.00. The van der Waals surface area contributed by atoms with Gasteiger partial charge in [0.05, 0.1) is 12.6 Å². The summed E-state index contributed by atoms with van der Waals surface area (Å²) in [4.78, 5) is 9.88. The van der Waals surface area contributed by atoms with E-state index >= 15 is 0 Å². The number of carbonyl (C=O) groups is 1. The monoisotopic (exact) mass is 182 g/mol. The largest absolute Gasteiger partial charge is 0.530 e. The first-order valence-corrected chi connectivity index (χ1v) is 3.31. The van der Waals surface area contributed by atoms with Gasteiger partial charge in [0.2, 0.25) is 5.92 Å². The highest BCUT2D eigenvalue weighted by Gasteiger charge is 2.26. The van der Waals surface area contributed by atoms with Crippen LogP contribution in [0.5, 0.6) is 0 Å². The van der Waals surface area contributed by atoms with E-state index in [1.807, 2.05) is 0 Å². The van der Waals surface area contributed by atoms with Crippen molar-refractivity contribution in [3.8, 4) is 0 Å². The van der Waals surface area contributed by atoms with E-state index in [0.717, 1.165) is 0 Å². The second-order valence-electron chi connectivity index (χ2n) is 2.59. The van der Waals surface area contributed by atoms with Gasteiger partial charge < -0.3 is 20.3 Å². The molecule has 0 saturated carbocycles. The number of hydrogen-bond acceptors (Lipinski definition) is 3. The Balaban J connectivity index is 3.92. The maximum absolute atomic E-state index is 12.2. The summed E-state index contributed by atoms with van der Waals surface area (Å²) in [6.45, 7) is -0.0238. The molecule has 4 nitrogen and oxygen atoms in total. The van der Waals surface area contributed by atoms with E-state index < -0.39 is 31.1 Å². The molecule has 0 aromatic heterocycles. The number of alkyl halides is 2. The Bertz CT molecular complexity index is 157. The molecule has 2 N–H and O–H groups in total. The summed E-state index contributed by atoms with van der Waals surface area (Å²) in [5, 5.41) is 20.0. The van der Waals surface area contributed by atoms with Gasteiger partial charge in [0, 0.05) is 6.42 Å². The van der Waals surface area contributed by atoms with Gasteiger partial charge in [0.1, 0.15) is 6.09 Å². The quantitative estimate of drug-likeness (QED) is 0.605. The fourth-order valence-electron chi connectivity index (χ4n) is 0.761. The van der Waals surface area contributed by atoms with Gasteiger partial charge >= 0.3 is 0 Å². The van der Waals surface area contributed by atoms with E-state index in [4.69, 9.17) is 5.11 Å². The van der Waals surface area contributed by atoms with E-state index in [0.29, 0.717) is 6.92 Å². The molecule has 0 aliphatic carbocycles. The van der Waals surface area contributed by atoms with Crippen molar-refractivity contribution in [3.05, 3.63) is 0 Å². The number of amides is 1. The van der Waals surface area contributed by atoms with E-state index in [1.54, 1.807) is 5.32 Å². The molecule has 0 radical (unpaired) electrons. The van der Waals surface area contributed by atoms with Crippen LogP contribution in [0, 0.1) is 0 Å². The van der Waals surface area contributed by atoms with Gasteiger partial charge in [-0.25, -0.2) is 8.78 Å². The van der Waals surface area contributed by atoms with Crippen LogP contribution in [-0.4, -0.2) is 29.8 Å². The Kier molecular flexibility index (Phi) is 3.88. The van der Waals surface area contributed by atoms with Crippen molar-refractivity contribution in [2.75, 3.05) is 6.61 Å². The number of carboxylic acid groups (broad SMARTS) is 1. The lowest BCUT2D eigenvalue weighted by Crippen LogP contribution is -2.46. The Morgan fingerprint density at radius 3 is 2.50 bits per heavy atom. The molecule has 0 saturated heterocycles. The predicted molar refractivity (Wildman–Crippen MR) is 34.6 cm³/mol. The average Bonchev–Trinajstić information content (AvgIpc) is 1.82. The van der Waals surface area contributed by atoms with Gasteiger partial charge in [-0.2, -0.15) is 0 Å². The molecular weight excluding hydrogens is 172 g/mol. The first-order valence-electron chi connectivity index (χ1n) is 3.31. The van der Waals surface area contributed by atoms with Gasteiger partial charge in [-0.3, -0.25) is 0 Å². The van der Waals surface area contributed by atoms with Crippen molar-refractivity contribution in [2.24, 2.45) is 0 Å². The second-order valence-corrected chi connectivity index (χ2v) is 2.59. The Labute approximate surface area is 68.2 Å². The molecule has 0 fully saturated rings. The molecular formula is C6H10F2NO3-. The smallest absolute Gasteiger partial charge is 0.247 e. The van der Waals surface area contributed by atoms with Crippen molar-refractivity contribution >= 4 is 6.09 Å². The normalized spacial score (nSPS) is 14.0. The first kappa shape index (κ1) is 11.1. The summed E-state index contributed by atoms with van der Waals surface area (Å²) in [5.41, 5.74) is 0. The van der Waals surface area contributed by atoms with E-state index in [-0.39, 0.29) is 0 Å². The fourth-order valence-corrected chi connectivity index (χ4v) is 0.761. The molecule has 0 aliphatic rings. The molecule has 1 unspecified atom stereocenters. The molecule has 1 atom stereocenters. The summed E-state index contributed by atoms with van der Waals surface area (Å²) in [5.74, 6) is -3.00. The topological polar surface area (TPSA) is 72.4 Å². The number of hydrogen-bond donors (Lipinski definition) is 2. The molecule has 6 heteroatoms. The lowest BCUT2D eigenvalue weighted by molar-refractivity contribution is -0.252. The third kappa shape index (κ3) is 5.84. The van der Waals surface area contributed by atoms with Crippen LogP contribution >= 0.6 is 0 Å². The van der Waals surface area contributed by atoms with Gasteiger partial charge in [0.15, 0.2) is 0 Å². The van der Waals surface area contributed by atoms with Crippen molar-refractivity contribution in [2.45, 2.75) is 25.3 Å². The van der Waals surface area contributed by atoms with Gasteiger partial charge in [-0.05, 0) is 6.92 Å². The molecule has 0 aromatic carbocycles. The van der Waals surface area contributed by atoms with Gasteiger partial charge in [-0.1, -0.05) is 0 Å². The number of nitrogens with one attached hydrogen (secondary N) is 1. The van der Waals surface area contributed by atoms with Crippen molar-refractivity contribution in [1.82, 2.24) is 5.32 Å². The van der Waals surface area contributed by atoms with E-state index in [9.17, 15) is 18.7 Å². The van der Waals surface area contributed by atoms with Crippen LogP contribution in [0.15, 0.2) is 0 Å². The molecule has 0 spiro atoms. The Morgan fingerprint density at radius 1 is 1.75 bits per heavy atom.